The monoisotopic (exact) mass is 433 g/mol. The summed E-state index contributed by atoms with van der Waals surface area (Å²) in [5.74, 6) is 0.334. The van der Waals surface area contributed by atoms with Gasteiger partial charge in [-0.1, -0.05) is 30.0 Å². The van der Waals surface area contributed by atoms with Gasteiger partial charge in [0.05, 0.1) is 0 Å². The van der Waals surface area contributed by atoms with Gasteiger partial charge in [0.25, 0.3) is 5.91 Å². The van der Waals surface area contributed by atoms with Gasteiger partial charge in [-0.2, -0.15) is 0 Å². The van der Waals surface area contributed by atoms with Gasteiger partial charge in [-0.3, -0.25) is 19.9 Å². The summed E-state index contributed by atoms with van der Waals surface area (Å²) < 4.78 is 5.83. The molecule has 1 saturated heterocycles. The van der Waals surface area contributed by atoms with E-state index in [-0.39, 0.29) is 5.78 Å². The molecular weight excluding hydrogens is 414 g/mol. The SMILES string of the molecule is CC(=O)c1cccc(COc2ccc(Sc3ccncc3C3NC(=O)NC3=O)cc2)c1. The highest BCUT2D eigenvalue weighted by atomic mass is 32.2. The first kappa shape index (κ1) is 20.6. The second-order valence-corrected chi connectivity index (χ2v) is 8.04. The number of hydrogen-bond donors (Lipinski definition) is 2. The van der Waals surface area contributed by atoms with Crippen molar-refractivity contribution in [3.63, 3.8) is 0 Å². The van der Waals surface area contributed by atoms with E-state index in [1.54, 1.807) is 18.5 Å². The summed E-state index contributed by atoms with van der Waals surface area (Å²) in [6, 6.07) is 15.5. The second kappa shape index (κ2) is 9.01. The minimum absolute atomic E-state index is 0.0216. The van der Waals surface area contributed by atoms with E-state index in [9.17, 15) is 14.4 Å². The standard InChI is InChI=1S/C23H19N3O4S/c1-14(27)16-4-2-3-15(11-16)13-30-17-5-7-18(8-6-17)31-20-9-10-24-12-19(20)21-22(28)26-23(29)25-21/h2-12,21H,13H2,1H3,(H2,25,26,28,29). The number of rotatable bonds is 7. The number of ether oxygens (including phenoxy) is 1. The van der Waals surface area contributed by atoms with Crippen molar-refractivity contribution in [2.45, 2.75) is 29.4 Å². The zero-order valence-corrected chi connectivity index (χ0v) is 17.4. The van der Waals surface area contributed by atoms with E-state index in [1.165, 1.54) is 18.7 Å². The van der Waals surface area contributed by atoms with Gasteiger partial charge in [-0.05, 0) is 48.9 Å². The van der Waals surface area contributed by atoms with E-state index in [0.29, 0.717) is 23.5 Å². The Morgan fingerprint density at radius 3 is 2.65 bits per heavy atom. The normalized spacial score (nSPS) is 15.3. The number of aromatic nitrogens is 1. The Morgan fingerprint density at radius 2 is 1.94 bits per heavy atom. The lowest BCUT2D eigenvalue weighted by Gasteiger charge is -2.13. The molecule has 2 aromatic carbocycles. The third-order valence-electron chi connectivity index (χ3n) is 4.69. The largest absolute Gasteiger partial charge is 0.489 e. The van der Waals surface area contributed by atoms with Crippen LogP contribution in [-0.4, -0.2) is 22.7 Å². The number of urea groups is 1. The summed E-state index contributed by atoms with van der Waals surface area (Å²) >= 11 is 1.47. The number of nitrogens with one attached hydrogen (secondary N) is 2. The second-order valence-electron chi connectivity index (χ2n) is 6.93. The van der Waals surface area contributed by atoms with E-state index in [4.69, 9.17) is 4.74 Å². The summed E-state index contributed by atoms with van der Waals surface area (Å²) in [5.41, 5.74) is 2.22. The van der Waals surface area contributed by atoms with Crippen LogP contribution in [0.3, 0.4) is 0 Å². The minimum atomic E-state index is -0.753. The maximum Gasteiger partial charge on any atom is 0.322 e. The molecule has 2 N–H and O–H groups in total. The van der Waals surface area contributed by atoms with Crippen molar-refractivity contribution in [3.05, 3.63) is 83.7 Å². The molecule has 0 bridgehead atoms. The Hall–Kier alpha value is -3.65. The molecule has 0 radical (unpaired) electrons. The molecule has 1 fully saturated rings. The zero-order valence-electron chi connectivity index (χ0n) is 16.6. The maximum absolute atomic E-state index is 12.0. The number of nitrogens with zero attached hydrogens (tertiary/aromatic N) is 1. The minimum Gasteiger partial charge on any atom is -0.489 e. The van der Waals surface area contributed by atoms with Crippen molar-refractivity contribution < 1.29 is 19.1 Å². The van der Waals surface area contributed by atoms with Gasteiger partial charge in [0.15, 0.2) is 5.78 Å². The molecule has 3 aromatic rings. The van der Waals surface area contributed by atoms with Gasteiger partial charge in [-0.25, -0.2) is 4.79 Å². The number of amides is 3. The van der Waals surface area contributed by atoms with Gasteiger partial charge >= 0.3 is 6.03 Å². The molecule has 0 saturated carbocycles. The molecule has 1 unspecified atom stereocenters. The van der Waals surface area contributed by atoms with Crippen LogP contribution in [0.15, 0.2) is 76.8 Å². The predicted octanol–water partition coefficient (Wildman–Crippen LogP) is 3.89. The van der Waals surface area contributed by atoms with Crippen molar-refractivity contribution >= 4 is 29.5 Å². The van der Waals surface area contributed by atoms with Crippen LogP contribution in [0.4, 0.5) is 4.79 Å². The van der Waals surface area contributed by atoms with E-state index in [2.05, 4.69) is 15.6 Å². The van der Waals surface area contributed by atoms with Gasteiger partial charge in [-0.15, -0.1) is 0 Å². The fourth-order valence-corrected chi connectivity index (χ4v) is 4.06. The molecule has 3 amide bonds. The highest BCUT2D eigenvalue weighted by molar-refractivity contribution is 7.99. The Balaban J connectivity index is 1.43. The van der Waals surface area contributed by atoms with Crippen LogP contribution in [0.1, 0.15) is 34.5 Å². The average Bonchev–Trinajstić information content (AvgIpc) is 3.11. The molecule has 1 aliphatic heterocycles. The number of imide groups is 1. The molecule has 31 heavy (non-hydrogen) atoms. The summed E-state index contributed by atoms with van der Waals surface area (Å²) in [4.78, 5) is 40.8. The quantitative estimate of drug-likeness (QED) is 0.433. The lowest BCUT2D eigenvalue weighted by atomic mass is 10.1. The van der Waals surface area contributed by atoms with Crippen molar-refractivity contribution in [1.82, 2.24) is 15.6 Å². The lowest BCUT2D eigenvalue weighted by Crippen LogP contribution is -2.22. The van der Waals surface area contributed by atoms with E-state index in [1.807, 2.05) is 48.5 Å². The van der Waals surface area contributed by atoms with Crippen molar-refractivity contribution in [2.75, 3.05) is 0 Å². The summed E-state index contributed by atoms with van der Waals surface area (Å²) in [6.45, 7) is 1.90. The first-order valence-corrected chi connectivity index (χ1v) is 10.4. The number of benzene rings is 2. The van der Waals surface area contributed by atoms with Crippen LogP contribution in [0, 0.1) is 0 Å². The molecule has 0 spiro atoms. The smallest absolute Gasteiger partial charge is 0.322 e. The molecule has 4 rings (SSSR count). The first-order valence-electron chi connectivity index (χ1n) is 9.55. The zero-order chi connectivity index (χ0) is 21.8. The Labute approximate surface area is 183 Å². The van der Waals surface area contributed by atoms with Gasteiger partial charge in [0.1, 0.15) is 18.4 Å². The molecular formula is C23H19N3O4S. The summed E-state index contributed by atoms with van der Waals surface area (Å²) in [6.07, 6.45) is 3.23. The highest BCUT2D eigenvalue weighted by Crippen LogP contribution is 2.34. The van der Waals surface area contributed by atoms with Gasteiger partial charge in [0, 0.05) is 33.3 Å². The maximum atomic E-state index is 12.0. The number of carbonyl (C=O) groups is 3. The van der Waals surface area contributed by atoms with Crippen molar-refractivity contribution in [3.8, 4) is 5.75 Å². The van der Waals surface area contributed by atoms with Crippen LogP contribution in [0.25, 0.3) is 0 Å². The van der Waals surface area contributed by atoms with E-state index in [0.717, 1.165) is 15.4 Å². The van der Waals surface area contributed by atoms with Crippen LogP contribution in [-0.2, 0) is 11.4 Å². The van der Waals surface area contributed by atoms with Gasteiger partial charge in [0.2, 0.25) is 0 Å². The molecule has 7 nitrogen and oxygen atoms in total. The van der Waals surface area contributed by atoms with Crippen LogP contribution >= 0.6 is 11.8 Å². The van der Waals surface area contributed by atoms with Crippen molar-refractivity contribution in [1.29, 1.82) is 0 Å². The van der Waals surface area contributed by atoms with E-state index >= 15 is 0 Å². The summed E-state index contributed by atoms with van der Waals surface area (Å²) in [7, 11) is 0. The highest BCUT2D eigenvalue weighted by Gasteiger charge is 2.32. The van der Waals surface area contributed by atoms with Gasteiger partial charge < -0.3 is 10.1 Å². The molecule has 156 valence electrons. The fourth-order valence-electron chi connectivity index (χ4n) is 3.12. The number of ketones is 1. The molecule has 1 atom stereocenters. The third-order valence-corrected chi connectivity index (χ3v) is 5.79. The predicted molar refractivity (Wildman–Crippen MR) is 115 cm³/mol. The molecule has 0 aliphatic carbocycles. The average molecular weight is 433 g/mol. The lowest BCUT2D eigenvalue weighted by molar-refractivity contribution is -0.120. The Morgan fingerprint density at radius 1 is 1.13 bits per heavy atom. The van der Waals surface area contributed by atoms with Crippen LogP contribution in [0.2, 0.25) is 0 Å². The van der Waals surface area contributed by atoms with Crippen molar-refractivity contribution in [2.24, 2.45) is 0 Å². The Kier molecular flexibility index (Phi) is 5.99. The molecule has 8 heteroatoms. The fraction of sp³-hybridized carbons (Fsp3) is 0.130. The first-order chi connectivity index (χ1) is 15.0. The van der Waals surface area contributed by atoms with Crippen LogP contribution < -0.4 is 15.4 Å². The number of Topliss-reactive ketones (excluding diaryl/α,β-unsaturated/α-hetero) is 1. The number of hydrogen-bond acceptors (Lipinski definition) is 6. The topological polar surface area (TPSA) is 97.4 Å². The summed E-state index contributed by atoms with van der Waals surface area (Å²) in [5, 5.41) is 4.84. The number of pyridine rings is 1. The van der Waals surface area contributed by atoms with E-state index < -0.39 is 18.0 Å². The number of carbonyl (C=O) groups excluding carboxylic acids is 3. The molecule has 1 aromatic heterocycles. The third kappa shape index (κ3) is 4.92. The Bertz CT molecular complexity index is 1150. The van der Waals surface area contributed by atoms with Crippen LogP contribution in [0.5, 0.6) is 5.75 Å². The molecule has 2 heterocycles. The molecule has 1 aliphatic rings.